The molecule has 108 valence electrons. The maximum Gasteiger partial charge on any atom is 0.131 e. The fourth-order valence-electron chi connectivity index (χ4n) is 2.08. The lowest BCUT2D eigenvalue weighted by atomic mass is 10.1. The number of ether oxygens (including phenoxy) is 1. The van der Waals surface area contributed by atoms with Crippen LogP contribution in [-0.2, 0) is 6.54 Å². The van der Waals surface area contributed by atoms with Gasteiger partial charge in [0.25, 0.3) is 0 Å². The lowest BCUT2D eigenvalue weighted by Crippen LogP contribution is -2.06. The minimum atomic E-state index is 0.546. The highest BCUT2D eigenvalue weighted by Gasteiger charge is 2.10. The summed E-state index contributed by atoms with van der Waals surface area (Å²) in [4.78, 5) is 4.43. The van der Waals surface area contributed by atoms with Crippen LogP contribution in [0.4, 0.5) is 5.82 Å². The van der Waals surface area contributed by atoms with E-state index in [1.54, 1.807) is 0 Å². The van der Waals surface area contributed by atoms with Crippen LogP contribution in [0.15, 0.2) is 30.6 Å². The smallest absolute Gasteiger partial charge is 0.131 e. The van der Waals surface area contributed by atoms with Crippen LogP contribution in [0.5, 0.6) is 5.75 Å². The molecule has 0 saturated carbocycles. The van der Waals surface area contributed by atoms with Crippen LogP contribution < -0.4 is 10.5 Å². The van der Waals surface area contributed by atoms with Crippen molar-refractivity contribution in [3.05, 3.63) is 30.6 Å². The molecule has 0 spiro atoms. The van der Waals surface area contributed by atoms with Crippen LogP contribution in [0.25, 0.3) is 11.3 Å². The molecule has 0 bridgehead atoms. The Balaban J connectivity index is 2.17. The molecule has 1 aromatic heterocycles. The van der Waals surface area contributed by atoms with E-state index in [9.17, 15) is 0 Å². The van der Waals surface area contributed by atoms with Gasteiger partial charge in [0.15, 0.2) is 0 Å². The molecule has 0 aliphatic heterocycles. The van der Waals surface area contributed by atoms with Crippen LogP contribution >= 0.6 is 0 Å². The first-order valence-corrected chi connectivity index (χ1v) is 7.15. The third kappa shape index (κ3) is 3.32. The van der Waals surface area contributed by atoms with Crippen molar-refractivity contribution in [3.63, 3.8) is 0 Å². The van der Waals surface area contributed by atoms with E-state index in [1.165, 1.54) is 0 Å². The molecule has 0 amide bonds. The van der Waals surface area contributed by atoms with E-state index in [2.05, 4.69) is 25.8 Å². The molecule has 1 aromatic carbocycles. The van der Waals surface area contributed by atoms with E-state index < -0.39 is 0 Å². The molecule has 20 heavy (non-hydrogen) atoms. The molecule has 0 fully saturated rings. The maximum atomic E-state index is 6.17. The first-order valence-electron chi connectivity index (χ1n) is 7.15. The van der Waals surface area contributed by atoms with Crippen molar-refractivity contribution in [1.82, 2.24) is 9.55 Å². The molecule has 4 heteroatoms. The van der Waals surface area contributed by atoms with Gasteiger partial charge in [0.05, 0.1) is 12.9 Å². The highest BCUT2D eigenvalue weighted by Crippen LogP contribution is 2.26. The second kappa shape index (κ2) is 6.46. The summed E-state index contributed by atoms with van der Waals surface area (Å²) in [5.74, 6) is 2.15. The fraction of sp³-hybridized carbons (Fsp3) is 0.438. The van der Waals surface area contributed by atoms with E-state index in [0.29, 0.717) is 5.92 Å². The van der Waals surface area contributed by atoms with Crippen LogP contribution in [0, 0.1) is 5.92 Å². The van der Waals surface area contributed by atoms with Crippen molar-refractivity contribution in [2.45, 2.75) is 33.7 Å². The van der Waals surface area contributed by atoms with Crippen molar-refractivity contribution >= 4 is 5.82 Å². The van der Waals surface area contributed by atoms with Gasteiger partial charge in [-0.3, -0.25) is 0 Å². The van der Waals surface area contributed by atoms with E-state index >= 15 is 0 Å². The van der Waals surface area contributed by atoms with Gasteiger partial charge in [-0.05, 0) is 36.6 Å². The minimum absolute atomic E-state index is 0.546. The Morgan fingerprint density at radius 2 is 1.95 bits per heavy atom. The summed E-state index contributed by atoms with van der Waals surface area (Å²) in [6, 6.07) is 7.94. The molecule has 0 radical (unpaired) electrons. The Morgan fingerprint density at radius 3 is 2.55 bits per heavy atom. The molecule has 0 aliphatic rings. The average Bonchev–Trinajstić information content (AvgIpc) is 2.78. The summed E-state index contributed by atoms with van der Waals surface area (Å²) < 4.78 is 7.58. The van der Waals surface area contributed by atoms with Gasteiger partial charge in [0.2, 0.25) is 0 Å². The molecular formula is C16H23N3O. The lowest BCUT2D eigenvalue weighted by Gasteiger charge is -2.09. The number of nitrogens with zero attached hydrogens (tertiary/aromatic N) is 2. The summed E-state index contributed by atoms with van der Waals surface area (Å²) in [6.07, 6.45) is 2.82. The largest absolute Gasteiger partial charge is 0.494 e. The van der Waals surface area contributed by atoms with Crippen molar-refractivity contribution in [2.24, 2.45) is 5.92 Å². The van der Waals surface area contributed by atoms with E-state index in [4.69, 9.17) is 10.5 Å². The maximum absolute atomic E-state index is 6.17. The molecule has 2 aromatic rings. The van der Waals surface area contributed by atoms with Crippen molar-refractivity contribution < 1.29 is 4.74 Å². The van der Waals surface area contributed by atoms with Gasteiger partial charge in [-0.25, -0.2) is 4.98 Å². The number of imidazole rings is 1. The van der Waals surface area contributed by atoms with Crippen LogP contribution in [0.3, 0.4) is 0 Å². The number of aromatic nitrogens is 2. The zero-order chi connectivity index (χ0) is 14.5. The van der Waals surface area contributed by atoms with Crippen molar-refractivity contribution in [2.75, 3.05) is 12.3 Å². The number of rotatable bonds is 6. The van der Waals surface area contributed by atoms with Gasteiger partial charge in [-0.15, -0.1) is 0 Å². The van der Waals surface area contributed by atoms with Gasteiger partial charge < -0.3 is 15.0 Å². The molecule has 2 N–H and O–H groups in total. The van der Waals surface area contributed by atoms with Crippen molar-refractivity contribution in [1.29, 1.82) is 0 Å². The lowest BCUT2D eigenvalue weighted by molar-refractivity contribution is 0.317. The fourth-order valence-corrected chi connectivity index (χ4v) is 2.08. The molecule has 0 aliphatic carbocycles. The number of hydrogen-bond acceptors (Lipinski definition) is 3. The third-order valence-electron chi connectivity index (χ3n) is 3.04. The van der Waals surface area contributed by atoms with Crippen LogP contribution in [0.2, 0.25) is 0 Å². The predicted octanol–water partition coefficient (Wildman–Crippen LogP) is 3.58. The molecular weight excluding hydrogens is 250 g/mol. The monoisotopic (exact) mass is 273 g/mol. The van der Waals surface area contributed by atoms with Gasteiger partial charge in [-0.2, -0.15) is 0 Å². The van der Waals surface area contributed by atoms with E-state index in [0.717, 1.165) is 42.4 Å². The molecule has 1 heterocycles. The quantitative estimate of drug-likeness (QED) is 0.875. The number of nitrogen functional groups attached to an aromatic ring is 1. The Bertz CT molecular complexity index is 543. The first kappa shape index (κ1) is 14.4. The molecule has 0 saturated heterocycles. The molecule has 4 nitrogen and oxygen atoms in total. The number of hydrogen-bond donors (Lipinski definition) is 1. The Labute approximate surface area is 120 Å². The van der Waals surface area contributed by atoms with Crippen LogP contribution in [-0.4, -0.2) is 16.2 Å². The van der Waals surface area contributed by atoms with Crippen molar-refractivity contribution in [3.8, 4) is 17.0 Å². The topological polar surface area (TPSA) is 53.1 Å². The second-order valence-electron chi connectivity index (χ2n) is 5.40. The Morgan fingerprint density at radius 1 is 1.25 bits per heavy atom. The SMILES string of the molecule is CCCOc1ccc(-c2ncn(CC(C)C)c2N)cc1. The number of benzene rings is 1. The summed E-state index contributed by atoms with van der Waals surface area (Å²) >= 11 is 0. The highest BCUT2D eigenvalue weighted by atomic mass is 16.5. The van der Waals surface area contributed by atoms with Gasteiger partial charge in [-0.1, -0.05) is 20.8 Å². The summed E-state index contributed by atoms with van der Waals surface area (Å²) in [5.41, 5.74) is 8.03. The highest BCUT2D eigenvalue weighted by molar-refractivity contribution is 5.70. The second-order valence-corrected chi connectivity index (χ2v) is 5.40. The minimum Gasteiger partial charge on any atom is -0.494 e. The summed E-state index contributed by atoms with van der Waals surface area (Å²) in [5, 5.41) is 0. The Kier molecular flexibility index (Phi) is 4.66. The summed E-state index contributed by atoms with van der Waals surface area (Å²) in [6.45, 7) is 8.05. The number of anilines is 1. The van der Waals surface area contributed by atoms with E-state index in [-0.39, 0.29) is 0 Å². The van der Waals surface area contributed by atoms with Crippen LogP contribution in [0.1, 0.15) is 27.2 Å². The standard InChI is InChI=1S/C16H23N3O/c1-4-9-20-14-7-5-13(6-8-14)15-16(17)19(11-18-15)10-12(2)3/h5-8,11-12H,4,9-10,17H2,1-3H3. The van der Waals surface area contributed by atoms with Gasteiger partial charge in [0, 0.05) is 12.1 Å². The van der Waals surface area contributed by atoms with E-state index in [1.807, 2.05) is 35.2 Å². The molecule has 0 unspecified atom stereocenters. The zero-order valence-electron chi connectivity index (χ0n) is 12.5. The summed E-state index contributed by atoms with van der Waals surface area (Å²) in [7, 11) is 0. The molecule has 0 atom stereocenters. The van der Waals surface area contributed by atoms with Gasteiger partial charge in [0.1, 0.15) is 17.3 Å². The average molecular weight is 273 g/mol. The zero-order valence-corrected chi connectivity index (χ0v) is 12.5. The Hall–Kier alpha value is -1.97. The predicted molar refractivity (Wildman–Crippen MR) is 82.7 cm³/mol. The first-order chi connectivity index (χ1) is 9.61. The third-order valence-corrected chi connectivity index (χ3v) is 3.04. The molecule has 2 rings (SSSR count). The number of nitrogens with two attached hydrogens (primary N) is 1. The normalized spacial score (nSPS) is 11.0. The van der Waals surface area contributed by atoms with Gasteiger partial charge >= 0.3 is 0 Å².